The van der Waals surface area contributed by atoms with Crippen LogP contribution in [0.3, 0.4) is 0 Å². The first-order valence-electron chi connectivity index (χ1n) is 6.79. The van der Waals surface area contributed by atoms with E-state index < -0.39 is 5.41 Å². The zero-order chi connectivity index (χ0) is 14.6. The number of carbonyl (C=O) groups is 1. The van der Waals surface area contributed by atoms with Gasteiger partial charge in [0.15, 0.2) is 0 Å². The Morgan fingerprint density at radius 3 is 1.94 bits per heavy atom. The van der Waals surface area contributed by atoms with Crippen LogP contribution in [0, 0.1) is 16.2 Å². The van der Waals surface area contributed by atoms with E-state index in [1.54, 1.807) is 0 Å². The molecule has 0 aromatic heterocycles. The van der Waals surface area contributed by atoms with E-state index in [1.165, 1.54) is 0 Å². The highest BCUT2D eigenvalue weighted by Gasteiger charge is 2.40. The van der Waals surface area contributed by atoms with Crippen LogP contribution in [0.1, 0.15) is 61.8 Å². The number of rotatable bonds is 5. The van der Waals surface area contributed by atoms with Crippen molar-refractivity contribution in [1.82, 2.24) is 0 Å². The SMILES string of the molecule is CCC(C)(C)/C=C/COC(=O)C(C)(C)C(C)(C)C. The molecule has 0 N–H and O–H groups in total. The summed E-state index contributed by atoms with van der Waals surface area (Å²) in [5, 5.41) is 0. The van der Waals surface area contributed by atoms with Crippen LogP contribution < -0.4 is 0 Å². The highest BCUT2D eigenvalue weighted by Crippen LogP contribution is 2.38. The fourth-order valence-corrected chi connectivity index (χ4v) is 1.10. The zero-order valence-electron chi connectivity index (χ0n) is 13.4. The van der Waals surface area contributed by atoms with E-state index in [4.69, 9.17) is 4.74 Å². The normalized spacial score (nSPS) is 14.0. The monoisotopic (exact) mass is 254 g/mol. The largest absolute Gasteiger partial charge is 0.461 e. The second-order valence-electron chi connectivity index (χ2n) is 7.22. The van der Waals surface area contributed by atoms with Crippen molar-refractivity contribution in [2.75, 3.05) is 6.61 Å². The van der Waals surface area contributed by atoms with E-state index in [-0.39, 0.29) is 16.8 Å². The lowest BCUT2D eigenvalue weighted by Gasteiger charge is -2.36. The summed E-state index contributed by atoms with van der Waals surface area (Å²) in [4.78, 5) is 12.0. The summed E-state index contributed by atoms with van der Waals surface area (Å²) in [5.74, 6) is -0.131. The van der Waals surface area contributed by atoms with Crippen molar-refractivity contribution in [2.45, 2.75) is 61.8 Å². The van der Waals surface area contributed by atoms with Gasteiger partial charge in [0.25, 0.3) is 0 Å². The Balaban J connectivity index is 4.38. The van der Waals surface area contributed by atoms with Gasteiger partial charge in [0.2, 0.25) is 0 Å². The number of hydrogen-bond acceptors (Lipinski definition) is 2. The Bertz CT molecular complexity index is 304. The van der Waals surface area contributed by atoms with Crippen LogP contribution in [0.5, 0.6) is 0 Å². The molecule has 106 valence electrons. The molecule has 0 radical (unpaired) electrons. The third kappa shape index (κ3) is 4.83. The molecule has 0 spiro atoms. The molecule has 0 atom stereocenters. The fraction of sp³-hybridized carbons (Fsp3) is 0.812. The summed E-state index contributed by atoms with van der Waals surface area (Å²) in [7, 11) is 0. The maximum Gasteiger partial charge on any atom is 0.312 e. The second-order valence-corrected chi connectivity index (χ2v) is 7.22. The molecule has 0 saturated carbocycles. The summed E-state index contributed by atoms with van der Waals surface area (Å²) in [6, 6.07) is 0. The van der Waals surface area contributed by atoms with Gasteiger partial charge >= 0.3 is 5.97 Å². The fourth-order valence-electron chi connectivity index (χ4n) is 1.10. The topological polar surface area (TPSA) is 26.3 Å². The highest BCUT2D eigenvalue weighted by molar-refractivity contribution is 5.76. The average molecular weight is 254 g/mol. The van der Waals surface area contributed by atoms with Crippen molar-refractivity contribution in [3.63, 3.8) is 0 Å². The van der Waals surface area contributed by atoms with Gasteiger partial charge in [-0.25, -0.2) is 0 Å². The molecule has 0 fully saturated rings. The predicted octanol–water partition coefficient (Wildman–Crippen LogP) is 4.59. The molecule has 0 bridgehead atoms. The Kier molecular flexibility index (Phi) is 5.64. The second kappa shape index (κ2) is 5.90. The summed E-state index contributed by atoms with van der Waals surface area (Å²) < 4.78 is 5.35. The molecule has 0 rings (SSSR count). The average Bonchev–Trinajstić information content (AvgIpc) is 2.22. The van der Waals surface area contributed by atoms with Gasteiger partial charge in [0.1, 0.15) is 6.61 Å². The molecule has 0 aliphatic rings. The summed E-state index contributed by atoms with van der Waals surface area (Å²) in [5.41, 5.74) is -0.399. The first-order chi connectivity index (χ1) is 7.94. The number of hydrogen-bond donors (Lipinski definition) is 0. The molecule has 0 aromatic rings. The van der Waals surface area contributed by atoms with Gasteiger partial charge in [-0.15, -0.1) is 0 Å². The molecular weight excluding hydrogens is 224 g/mol. The summed E-state index contributed by atoms with van der Waals surface area (Å²) in [6.07, 6.45) is 5.13. The molecule has 0 aliphatic heterocycles. The van der Waals surface area contributed by atoms with Gasteiger partial charge in [-0.2, -0.15) is 0 Å². The van der Waals surface area contributed by atoms with Crippen LogP contribution in [0.25, 0.3) is 0 Å². The van der Waals surface area contributed by atoms with Crippen LogP contribution in [-0.4, -0.2) is 12.6 Å². The molecule has 0 heterocycles. The van der Waals surface area contributed by atoms with Crippen LogP contribution in [0.2, 0.25) is 0 Å². The molecule has 0 aliphatic carbocycles. The maximum absolute atomic E-state index is 12.0. The number of allylic oxidation sites excluding steroid dienone is 1. The number of ether oxygens (including phenoxy) is 1. The van der Waals surface area contributed by atoms with Gasteiger partial charge in [-0.05, 0) is 31.1 Å². The van der Waals surface area contributed by atoms with Crippen LogP contribution in [0.4, 0.5) is 0 Å². The lowest BCUT2D eigenvalue weighted by Crippen LogP contribution is -2.38. The van der Waals surface area contributed by atoms with Gasteiger partial charge in [0, 0.05) is 0 Å². The van der Waals surface area contributed by atoms with Gasteiger partial charge in [-0.1, -0.05) is 53.7 Å². The Morgan fingerprint density at radius 2 is 1.56 bits per heavy atom. The van der Waals surface area contributed by atoms with Crippen molar-refractivity contribution in [3.05, 3.63) is 12.2 Å². The standard InChI is InChI=1S/C16H30O2/c1-9-15(5,6)11-10-12-18-13(17)16(7,8)14(2,3)4/h10-11H,9,12H2,1-8H3/b11-10+. The minimum absolute atomic E-state index is 0.101. The van der Waals surface area contributed by atoms with Crippen molar-refractivity contribution >= 4 is 5.97 Å². The van der Waals surface area contributed by atoms with Crippen molar-refractivity contribution in [2.24, 2.45) is 16.2 Å². The van der Waals surface area contributed by atoms with Crippen LogP contribution >= 0.6 is 0 Å². The van der Waals surface area contributed by atoms with E-state index in [9.17, 15) is 4.79 Å². The van der Waals surface area contributed by atoms with Gasteiger partial charge < -0.3 is 4.74 Å². The molecule has 0 amide bonds. The molecule has 2 nitrogen and oxygen atoms in total. The van der Waals surface area contributed by atoms with E-state index in [0.717, 1.165) is 6.42 Å². The van der Waals surface area contributed by atoms with Crippen molar-refractivity contribution in [3.8, 4) is 0 Å². The van der Waals surface area contributed by atoms with Crippen molar-refractivity contribution in [1.29, 1.82) is 0 Å². The highest BCUT2D eigenvalue weighted by atomic mass is 16.5. The smallest absolute Gasteiger partial charge is 0.312 e. The Morgan fingerprint density at radius 1 is 1.06 bits per heavy atom. The Hall–Kier alpha value is -0.790. The minimum atomic E-state index is -0.471. The molecule has 2 heteroatoms. The van der Waals surface area contributed by atoms with Crippen LogP contribution in [-0.2, 0) is 9.53 Å². The van der Waals surface area contributed by atoms with E-state index in [1.807, 2.05) is 19.9 Å². The maximum atomic E-state index is 12.0. The number of carbonyl (C=O) groups excluding carboxylic acids is 1. The first-order valence-corrected chi connectivity index (χ1v) is 6.79. The molecule has 0 unspecified atom stereocenters. The quantitative estimate of drug-likeness (QED) is 0.529. The number of esters is 1. The van der Waals surface area contributed by atoms with E-state index in [2.05, 4.69) is 47.6 Å². The molecule has 0 saturated heterocycles. The minimum Gasteiger partial charge on any atom is -0.461 e. The predicted molar refractivity (Wildman–Crippen MR) is 77.4 cm³/mol. The van der Waals surface area contributed by atoms with E-state index >= 15 is 0 Å². The summed E-state index contributed by atoms with van der Waals surface area (Å²) in [6.45, 7) is 16.9. The lowest BCUT2D eigenvalue weighted by molar-refractivity contribution is -0.158. The van der Waals surface area contributed by atoms with Gasteiger partial charge in [-0.3, -0.25) is 4.79 Å². The third-order valence-electron chi connectivity index (χ3n) is 4.18. The lowest BCUT2D eigenvalue weighted by atomic mass is 9.69. The molecule has 18 heavy (non-hydrogen) atoms. The van der Waals surface area contributed by atoms with Crippen LogP contribution in [0.15, 0.2) is 12.2 Å². The first kappa shape index (κ1) is 17.2. The third-order valence-corrected chi connectivity index (χ3v) is 4.18. The zero-order valence-corrected chi connectivity index (χ0v) is 13.4. The van der Waals surface area contributed by atoms with E-state index in [0.29, 0.717) is 6.61 Å². The molecule has 0 aromatic carbocycles. The molecular formula is C16H30O2. The van der Waals surface area contributed by atoms with Gasteiger partial charge in [0.05, 0.1) is 5.41 Å². The Labute approximate surface area is 113 Å². The van der Waals surface area contributed by atoms with Crippen molar-refractivity contribution < 1.29 is 9.53 Å². The summed E-state index contributed by atoms with van der Waals surface area (Å²) >= 11 is 0.